The van der Waals surface area contributed by atoms with E-state index in [9.17, 15) is 9.59 Å². The van der Waals surface area contributed by atoms with Crippen LogP contribution in [0.5, 0.6) is 0 Å². The third kappa shape index (κ3) is 6.83. The van der Waals surface area contributed by atoms with E-state index in [2.05, 4.69) is 10.6 Å². The summed E-state index contributed by atoms with van der Waals surface area (Å²) < 4.78 is 5.21. The van der Waals surface area contributed by atoms with Crippen LogP contribution in [0.15, 0.2) is 22.8 Å². The molecule has 2 unspecified atom stereocenters. The van der Waals surface area contributed by atoms with Crippen LogP contribution in [-0.2, 0) is 4.79 Å². The maximum Gasteiger partial charge on any atom is 0.315 e. The highest BCUT2D eigenvalue weighted by atomic mass is 16.4. The largest absolute Gasteiger partial charge is 0.481 e. The van der Waals surface area contributed by atoms with Gasteiger partial charge in [-0.05, 0) is 37.3 Å². The lowest BCUT2D eigenvalue weighted by atomic mass is 9.94. The SMILES string of the molecule is CC(C)CC(CNC(=O)NC(C)c1ccco1)CC(=O)O. The van der Waals surface area contributed by atoms with Gasteiger partial charge < -0.3 is 20.2 Å². The number of hydrogen-bond donors (Lipinski definition) is 3. The first-order valence-electron chi connectivity index (χ1n) is 7.18. The summed E-state index contributed by atoms with van der Waals surface area (Å²) in [5.41, 5.74) is 0. The quantitative estimate of drug-likeness (QED) is 0.688. The van der Waals surface area contributed by atoms with E-state index in [1.54, 1.807) is 18.4 Å². The summed E-state index contributed by atoms with van der Waals surface area (Å²) in [5.74, 6) is 0.162. The summed E-state index contributed by atoms with van der Waals surface area (Å²) in [4.78, 5) is 22.6. The summed E-state index contributed by atoms with van der Waals surface area (Å²) in [7, 11) is 0. The molecule has 1 aromatic heterocycles. The number of aliphatic carboxylic acids is 1. The second-order valence-electron chi connectivity index (χ2n) is 5.68. The molecule has 0 saturated heterocycles. The van der Waals surface area contributed by atoms with Gasteiger partial charge in [-0.1, -0.05) is 13.8 Å². The van der Waals surface area contributed by atoms with Crippen molar-refractivity contribution in [3.8, 4) is 0 Å². The summed E-state index contributed by atoms with van der Waals surface area (Å²) >= 11 is 0. The lowest BCUT2D eigenvalue weighted by molar-refractivity contribution is -0.138. The third-order valence-corrected chi connectivity index (χ3v) is 3.14. The monoisotopic (exact) mass is 296 g/mol. The summed E-state index contributed by atoms with van der Waals surface area (Å²) in [6.45, 7) is 6.24. The fraction of sp³-hybridized carbons (Fsp3) is 0.600. The minimum atomic E-state index is -0.841. The molecule has 21 heavy (non-hydrogen) atoms. The summed E-state index contributed by atoms with van der Waals surface area (Å²) in [6.07, 6.45) is 2.38. The first-order valence-corrected chi connectivity index (χ1v) is 7.18. The number of furan rings is 1. The molecule has 0 saturated carbocycles. The average molecular weight is 296 g/mol. The van der Waals surface area contributed by atoms with Gasteiger partial charge >= 0.3 is 12.0 Å². The molecule has 6 heteroatoms. The van der Waals surface area contributed by atoms with Crippen molar-refractivity contribution in [2.45, 2.75) is 39.7 Å². The number of carboxylic acids is 1. The van der Waals surface area contributed by atoms with Crippen LogP contribution in [0.3, 0.4) is 0 Å². The van der Waals surface area contributed by atoms with Crippen molar-refractivity contribution >= 4 is 12.0 Å². The van der Waals surface area contributed by atoms with Gasteiger partial charge in [0.25, 0.3) is 0 Å². The van der Waals surface area contributed by atoms with Gasteiger partial charge in [0.1, 0.15) is 5.76 Å². The Morgan fingerprint density at radius 3 is 2.57 bits per heavy atom. The number of hydrogen-bond acceptors (Lipinski definition) is 3. The molecule has 0 aliphatic rings. The maximum absolute atomic E-state index is 11.8. The van der Waals surface area contributed by atoms with Crippen LogP contribution in [0, 0.1) is 11.8 Å². The van der Waals surface area contributed by atoms with Crippen molar-refractivity contribution in [2.75, 3.05) is 6.54 Å². The molecule has 0 spiro atoms. The molecule has 2 atom stereocenters. The van der Waals surface area contributed by atoms with E-state index in [1.807, 2.05) is 20.8 Å². The lowest BCUT2D eigenvalue weighted by Crippen LogP contribution is -2.40. The smallest absolute Gasteiger partial charge is 0.315 e. The number of nitrogens with one attached hydrogen (secondary N) is 2. The number of rotatable bonds is 8. The van der Waals surface area contributed by atoms with Crippen LogP contribution < -0.4 is 10.6 Å². The molecule has 1 rings (SSSR count). The van der Waals surface area contributed by atoms with Crippen LogP contribution in [-0.4, -0.2) is 23.7 Å². The van der Waals surface area contributed by atoms with Crippen molar-refractivity contribution in [2.24, 2.45) is 11.8 Å². The van der Waals surface area contributed by atoms with Crippen LogP contribution in [0.2, 0.25) is 0 Å². The molecule has 6 nitrogen and oxygen atoms in total. The van der Waals surface area contributed by atoms with E-state index in [4.69, 9.17) is 9.52 Å². The van der Waals surface area contributed by atoms with Gasteiger partial charge in [0.2, 0.25) is 0 Å². The molecule has 1 aromatic rings. The molecule has 0 radical (unpaired) electrons. The third-order valence-electron chi connectivity index (χ3n) is 3.14. The molecular formula is C15H24N2O4. The summed E-state index contributed by atoms with van der Waals surface area (Å²) in [6, 6.07) is 2.99. The first-order chi connectivity index (χ1) is 9.88. The van der Waals surface area contributed by atoms with Crippen molar-refractivity contribution in [3.05, 3.63) is 24.2 Å². The zero-order valence-electron chi connectivity index (χ0n) is 12.8. The Morgan fingerprint density at radius 2 is 2.05 bits per heavy atom. The Kier molecular flexibility index (Phi) is 6.78. The van der Waals surface area contributed by atoms with Gasteiger partial charge in [0.15, 0.2) is 0 Å². The van der Waals surface area contributed by atoms with Crippen LogP contribution in [0.4, 0.5) is 4.79 Å². The summed E-state index contributed by atoms with van der Waals surface area (Å²) in [5, 5.41) is 14.4. The minimum absolute atomic E-state index is 0.0617. The van der Waals surface area contributed by atoms with E-state index >= 15 is 0 Å². The van der Waals surface area contributed by atoms with Gasteiger partial charge in [0, 0.05) is 13.0 Å². The molecule has 0 aromatic carbocycles. The highest BCUT2D eigenvalue weighted by Gasteiger charge is 2.17. The molecule has 2 amide bonds. The predicted molar refractivity (Wildman–Crippen MR) is 78.9 cm³/mol. The number of carboxylic acid groups (broad SMARTS) is 1. The van der Waals surface area contributed by atoms with Gasteiger partial charge in [0.05, 0.1) is 12.3 Å². The predicted octanol–water partition coefficient (Wildman–Crippen LogP) is 2.78. The Balaban J connectivity index is 2.40. The van der Waals surface area contributed by atoms with Gasteiger partial charge in [-0.2, -0.15) is 0 Å². The van der Waals surface area contributed by atoms with E-state index in [1.165, 1.54) is 0 Å². The van der Waals surface area contributed by atoms with Crippen LogP contribution >= 0.6 is 0 Å². The number of amides is 2. The fourth-order valence-electron chi connectivity index (χ4n) is 2.25. The maximum atomic E-state index is 11.8. The van der Waals surface area contributed by atoms with E-state index in [0.717, 1.165) is 6.42 Å². The molecule has 0 aliphatic heterocycles. The second-order valence-corrected chi connectivity index (χ2v) is 5.68. The van der Waals surface area contributed by atoms with E-state index < -0.39 is 5.97 Å². The Morgan fingerprint density at radius 1 is 1.33 bits per heavy atom. The molecule has 0 bridgehead atoms. The molecular weight excluding hydrogens is 272 g/mol. The normalized spacial score (nSPS) is 13.7. The van der Waals surface area contributed by atoms with Crippen LogP contribution in [0.25, 0.3) is 0 Å². The van der Waals surface area contributed by atoms with Crippen molar-refractivity contribution < 1.29 is 19.1 Å². The average Bonchev–Trinajstić information content (AvgIpc) is 2.88. The van der Waals surface area contributed by atoms with Gasteiger partial charge in [-0.15, -0.1) is 0 Å². The zero-order chi connectivity index (χ0) is 15.8. The van der Waals surface area contributed by atoms with Crippen LogP contribution in [0.1, 0.15) is 45.4 Å². The van der Waals surface area contributed by atoms with E-state index in [-0.39, 0.29) is 24.4 Å². The standard InChI is InChI=1S/C15H24N2O4/c1-10(2)7-12(8-14(18)19)9-16-15(20)17-11(3)13-5-4-6-21-13/h4-6,10-12H,7-9H2,1-3H3,(H,18,19)(H2,16,17,20). The molecule has 3 N–H and O–H groups in total. The Labute approximate surface area is 124 Å². The van der Waals surface area contributed by atoms with Crippen molar-refractivity contribution in [1.29, 1.82) is 0 Å². The number of carbonyl (C=O) groups is 2. The minimum Gasteiger partial charge on any atom is -0.481 e. The molecule has 0 fully saturated rings. The number of urea groups is 1. The lowest BCUT2D eigenvalue weighted by Gasteiger charge is -2.19. The highest BCUT2D eigenvalue weighted by Crippen LogP contribution is 2.15. The van der Waals surface area contributed by atoms with Crippen molar-refractivity contribution in [3.63, 3.8) is 0 Å². The topological polar surface area (TPSA) is 91.6 Å². The van der Waals surface area contributed by atoms with Gasteiger partial charge in [-0.3, -0.25) is 4.79 Å². The molecule has 1 heterocycles. The van der Waals surface area contributed by atoms with Crippen molar-refractivity contribution in [1.82, 2.24) is 10.6 Å². The Bertz CT molecular complexity index is 443. The molecule has 118 valence electrons. The Hall–Kier alpha value is -1.98. The highest BCUT2D eigenvalue weighted by molar-refractivity contribution is 5.74. The van der Waals surface area contributed by atoms with E-state index in [0.29, 0.717) is 18.2 Å². The zero-order valence-corrected chi connectivity index (χ0v) is 12.8. The molecule has 0 aliphatic carbocycles. The fourth-order valence-corrected chi connectivity index (χ4v) is 2.25. The second kappa shape index (κ2) is 8.34. The van der Waals surface area contributed by atoms with Gasteiger partial charge in [-0.25, -0.2) is 4.79 Å². The first kappa shape index (κ1) is 17.1. The number of carbonyl (C=O) groups excluding carboxylic acids is 1.